The van der Waals surface area contributed by atoms with Crippen LogP contribution in [0.2, 0.25) is 0 Å². The van der Waals surface area contributed by atoms with Gasteiger partial charge >= 0.3 is 7.82 Å². The van der Waals surface area contributed by atoms with E-state index in [1.807, 2.05) is 30.3 Å². The number of phosphoric acid groups is 1. The van der Waals surface area contributed by atoms with E-state index in [4.69, 9.17) is 18.3 Å². The Balaban J connectivity index is 2.00. The normalized spacial score (nSPS) is 28.2. The molecule has 0 spiro atoms. The summed E-state index contributed by atoms with van der Waals surface area (Å²) in [4.78, 5) is 0. The van der Waals surface area contributed by atoms with Crippen LogP contribution in [0, 0.1) is 0 Å². The van der Waals surface area contributed by atoms with Crippen molar-refractivity contribution in [3.63, 3.8) is 0 Å². The topological polar surface area (TPSA) is 54.0 Å². The standard InChI is InChI=1S/C24H37O5P/c1-4-7-11-17-21-22(18-12-8-5-2)27-30(25)28-23(19-9-6-3)24(26-21,29-30)20-15-13-10-14-16-20/h10,13-16,23H,4-9,11-12,17-19H2,1-3H3. The minimum atomic E-state index is -3.75. The monoisotopic (exact) mass is 436 g/mol. The second-order valence-electron chi connectivity index (χ2n) is 8.26. The Hall–Kier alpha value is -1.29. The van der Waals surface area contributed by atoms with Crippen LogP contribution >= 0.6 is 7.82 Å². The van der Waals surface area contributed by atoms with E-state index in [9.17, 15) is 4.57 Å². The van der Waals surface area contributed by atoms with Gasteiger partial charge in [0, 0.05) is 18.4 Å². The molecule has 2 aliphatic heterocycles. The number of allylic oxidation sites excluding steroid dienone is 2. The first kappa shape index (κ1) is 23.4. The van der Waals surface area contributed by atoms with Crippen LogP contribution in [0.4, 0.5) is 0 Å². The van der Waals surface area contributed by atoms with Crippen molar-refractivity contribution in [1.29, 1.82) is 0 Å². The third kappa shape index (κ3) is 5.30. The molecule has 168 valence electrons. The fourth-order valence-electron chi connectivity index (χ4n) is 4.07. The predicted molar refractivity (Wildman–Crippen MR) is 119 cm³/mol. The van der Waals surface area contributed by atoms with Gasteiger partial charge in [-0.15, -0.1) is 0 Å². The van der Waals surface area contributed by atoms with Gasteiger partial charge in [-0.05, 0) is 19.3 Å². The lowest BCUT2D eigenvalue weighted by molar-refractivity contribution is -0.184. The first-order valence-electron chi connectivity index (χ1n) is 11.7. The Morgan fingerprint density at radius 1 is 0.867 bits per heavy atom. The number of hydrogen-bond acceptors (Lipinski definition) is 5. The van der Waals surface area contributed by atoms with Gasteiger partial charge < -0.3 is 9.26 Å². The number of phosphoric ester groups is 1. The van der Waals surface area contributed by atoms with Crippen molar-refractivity contribution in [3.05, 3.63) is 47.4 Å². The van der Waals surface area contributed by atoms with E-state index in [2.05, 4.69) is 20.8 Å². The van der Waals surface area contributed by atoms with Gasteiger partial charge in [-0.25, -0.2) is 9.09 Å². The Bertz CT molecular complexity index is 747. The summed E-state index contributed by atoms with van der Waals surface area (Å²) in [6.07, 6.45) is 10.0. The summed E-state index contributed by atoms with van der Waals surface area (Å²) >= 11 is 0. The van der Waals surface area contributed by atoms with Gasteiger partial charge in [-0.3, -0.25) is 4.52 Å². The van der Waals surface area contributed by atoms with Gasteiger partial charge in [0.15, 0.2) is 0 Å². The van der Waals surface area contributed by atoms with Crippen LogP contribution in [0.5, 0.6) is 0 Å². The molecule has 1 aromatic carbocycles. The molecule has 2 bridgehead atoms. The van der Waals surface area contributed by atoms with Crippen LogP contribution in [0.25, 0.3) is 0 Å². The van der Waals surface area contributed by atoms with Gasteiger partial charge in [0.25, 0.3) is 5.79 Å². The van der Waals surface area contributed by atoms with Crippen molar-refractivity contribution in [3.8, 4) is 0 Å². The van der Waals surface area contributed by atoms with E-state index in [-0.39, 0.29) is 0 Å². The molecule has 1 fully saturated rings. The lowest BCUT2D eigenvalue weighted by atomic mass is 9.95. The number of unbranched alkanes of at least 4 members (excludes halogenated alkanes) is 5. The van der Waals surface area contributed by atoms with Gasteiger partial charge in [0.1, 0.15) is 17.6 Å². The molecule has 0 aromatic heterocycles. The highest BCUT2D eigenvalue weighted by atomic mass is 31.2. The zero-order valence-electron chi connectivity index (χ0n) is 18.7. The van der Waals surface area contributed by atoms with Gasteiger partial charge in [0.2, 0.25) is 0 Å². The molecule has 0 saturated carbocycles. The van der Waals surface area contributed by atoms with Gasteiger partial charge in [0.05, 0.1) is 0 Å². The average Bonchev–Trinajstić information content (AvgIpc) is 2.96. The number of hydrogen-bond donors (Lipinski definition) is 0. The van der Waals surface area contributed by atoms with E-state index >= 15 is 0 Å². The SMILES string of the molecule is CCCCCC1=C(CCCCC)OP2(=O)OC(CCCC)C(c3ccccc3)(O1)O2. The summed E-state index contributed by atoms with van der Waals surface area (Å²) in [6.45, 7) is 6.48. The van der Waals surface area contributed by atoms with Crippen LogP contribution in [-0.2, 0) is 28.7 Å². The largest absolute Gasteiger partial charge is 0.534 e. The van der Waals surface area contributed by atoms with Crippen LogP contribution < -0.4 is 0 Å². The number of fused-ring (bicyclic) bond motifs is 2. The third-order valence-corrected chi connectivity index (χ3v) is 7.20. The lowest BCUT2D eigenvalue weighted by Gasteiger charge is -2.33. The zero-order valence-corrected chi connectivity index (χ0v) is 19.6. The fraction of sp³-hybridized carbons (Fsp3) is 0.667. The van der Waals surface area contributed by atoms with Crippen molar-refractivity contribution in [2.24, 2.45) is 0 Å². The van der Waals surface area contributed by atoms with E-state index < -0.39 is 19.7 Å². The summed E-state index contributed by atoms with van der Waals surface area (Å²) in [5.41, 5.74) is 0.829. The summed E-state index contributed by atoms with van der Waals surface area (Å²) in [5, 5.41) is 0. The third-order valence-electron chi connectivity index (χ3n) is 5.75. The van der Waals surface area contributed by atoms with Crippen LogP contribution in [-0.4, -0.2) is 6.10 Å². The minimum Gasteiger partial charge on any atom is -0.455 e. The van der Waals surface area contributed by atoms with Crippen molar-refractivity contribution < 1.29 is 22.9 Å². The molecular weight excluding hydrogens is 399 g/mol. The molecule has 0 radical (unpaired) electrons. The fourth-order valence-corrected chi connectivity index (χ4v) is 5.80. The summed E-state index contributed by atoms with van der Waals surface area (Å²) in [6, 6.07) is 9.78. The molecule has 1 saturated heterocycles. The number of benzene rings is 1. The maximum absolute atomic E-state index is 13.6. The van der Waals surface area contributed by atoms with E-state index in [0.29, 0.717) is 18.6 Å². The van der Waals surface area contributed by atoms with E-state index in [1.165, 1.54) is 0 Å². The molecule has 2 heterocycles. The predicted octanol–water partition coefficient (Wildman–Crippen LogP) is 7.97. The summed E-state index contributed by atoms with van der Waals surface area (Å²) in [5.74, 6) is 0.209. The van der Waals surface area contributed by atoms with Crippen molar-refractivity contribution in [1.82, 2.24) is 0 Å². The maximum atomic E-state index is 13.6. The first-order valence-corrected chi connectivity index (χ1v) is 13.2. The van der Waals surface area contributed by atoms with Crippen LogP contribution in [0.15, 0.2) is 41.9 Å². The van der Waals surface area contributed by atoms with Crippen LogP contribution in [0.3, 0.4) is 0 Å². The Morgan fingerprint density at radius 3 is 2.13 bits per heavy atom. The maximum Gasteiger partial charge on any atom is 0.534 e. The smallest absolute Gasteiger partial charge is 0.455 e. The molecule has 3 unspecified atom stereocenters. The first-order chi connectivity index (χ1) is 14.6. The van der Waals surface area contributed by atoms with Gasteiger partial charge in [-0.1, -0.05) is 89.6 Å². The molecule has 0 amide bonds. The highest BCUT2D eigenvalue weighted by Crippen LogP contribution is 2.68. The van der Waals surface area contributed by atoms with Crippen molar-refractivity contribution in [2.45, 2.75) is 103 Å². The second kappa shape index (κ2) is 10.8. The van der Waals surface area contributed by atoms with Crippen molar-refractivity contribution in [2.75, 3.05) is 0 Å². The number of rotatable bonds is 12. The van der Waals surface area contributed by atoms with Crippen molar-refractivity contribution >= 4 is 7.82 Å². The molecule has 3 atom stereocenters. The highest BCUT2D eigenvalue weighted by molar-refractivity contribution is 7.48. The Labute approximate surface area is 181 Å². The quantitative estimate of drug-likeness (QED) is 0.246. The molecule has 5 nitrogen and oxygen atoms in total. The average molecular weight is 437 g/mol. The Morgan fingerprint density at radius 2 is 1.50 bits per heavy atom. The molecule has 0 N–H and O–H groups in total. The summed E-state index contributed by atoms with van der Waals surface area (Å²) in [7, 11) is -3.75. The molecule has 0 aliphatic carbocycles. The Kier molecular flexibility index (Phi) is 8.44. The molecular formula is C24H37O5P. The molecule has 1 aromatic rings. The highest BCUT2D eigenvalue weighted by Gasteiger charge is 2.62. The summed E-state index contributed by atoms with van der Waals surface area (Å²) < 4.78 is 38.3. The van der Waals surface area contributed by atoms with Gasteiger partial charge in [-0.2, -0.15) is 0 Å². The second-order valence-corrected chi connectivity index (χ2v) is 9.73. The lowest BCUT2D eigenvalue weighted by Crippen LogP contribution is -2.39. The van der Waals surface area contributed by atoms with E-state index in [0.717, 1.165) is 69.1 Å². The molecule has 30 heavy (non-hydrogen) atoms. The molecule has 3 rings (SSSR count). The molecule has 2 aliphatic rings. The number of ether oxygens (including phenoxy) is 1. The van der Waals surface area contributed by atoms with Crippen LogP contribution in [0.1, 0.15) is 97.0 Å². The minimum absolute atomic E-state index is 0.468. The zero-order chi connectivity index (χ0) is 21.5. The molecule has 6 heteroatoms. The van der Waals surface area contributed by atoms with E-state index in [1.54, 1.807) is 0 Å².